The summed E-state index contributed by atoms with van der Waals surface area (Å²) in [6, 6.07) is 21.2. The van der Waals surface area contributed by atoms with Crippen molar-refractivity contribution < 1.29 is 4.79 Å². The van der Waals surface area contributed by atoms with Gasteiger partial charge in [-0.05, 0) is 44.2 Å². The Morgan fingerprint density at radius 1 is 0.906 bits per heavy atom. The van der Waals surface area contributed by atoms with E-state index >= 15 is 0 Å². The highest BCUT2D eigenvalue weighted by Crippen LogP contribution is 2.29. The lowest BCUT2D eigenvalue weighted by Gasteiger charge is -2.11. The molecule has 0 bridgehead atoms. The van der Waals surface area contributed by atoms with Crippen LogP contribution in [0.25, 0.3) is 17.1 Å². The van der Waals surface area contributed by atoms with Crippen molar-refractivity contribution in [3.05, 3.63) is 87.9 Å². The van der Waals surface area contributed by atoms with Crippen molar-refractivity contribution in [3.8, 4) is 17.1 Å². The fourth-order valence-corrected chi connectivity index (χ4v) is 4.13. The standard InChI is InChI=1S/C24H20Cl2N4OS/c1-15-3-7-17(8-4-15)23-28-29-24(30(23)19-10-5-16(2)6-11-19)32-14-22(31)27-18-9-12-20(25)21(26)13-18/h3-13H,14H2,1-2H3,(H,27,31). The molecule has 4 rings (SSSR count). The Hall–Kier alpha value is -2.80. The summed E-state index contributed by atoms with van der Waals surface area (Å²) < 4.78 is 1.97. The van der Waals surface area contributed by atoms with Crippen molar-refractivity contribution in [3.63, 3.8) is 0 Å². The Balaban J connectivity index is 1.59. The predicted octanol–water partition coefficient (Wildman–Crippen LogP) is 6.59. The van der Waals surface area contributed by atoms with Gasteiger partial charge in [0.15, 0.2) is 11.0 Å². The van der Waals surface area contributed by atoms with Crippen molar-refractivity contribution in [1.82, 2.24) is 14.8 Å². The molecule has 0 fully saturated rings. The van der Waals surface area contributed by atoms with Crippen LogP contribution in [0.4, 0.5) is 5.69 Å². The molecule has 8 heteroatoms. The number of aromatic nitrogens is 3. The number of hydrogen-bond acceptors (Lipinski definition) is 4. The third kappa shape index (κ3) is 5.15. The largest absolute Gasteiger partial charge is 0.325 e. The van der Waals surface area contributed by atoms with Gasteiger partial charge in [-0.25, -0.2) is 0 Å². The molecule has 0 aliphatic heterocycles. The highest BCUT2D eigenvalue weighted by atomic mass is 35.5. The van der Waals surface area contributed by atoms with E-state index in [1.54, 1.807) is 18.2 Å². The minimum absolute atomic E-state index is 0.165. The average Bonchev–Trinajstić information content (AvgIpc) is 3.20. The van der Waals surface area contributed by atoms with Crippen molar-refractivity contribution in [2.45, 2.75) is 19.0 Å². The predicted molar refractivity (Wildman–Crippen MR) is 132 cm³/mol. The first-order chi connectivity index (χ1) is 15.4. The van der Waals surface area contributed by atoms with Crippen LogP contribution in [-0.2, 0) is 4.79 Å². The quantitative estimate of drug-likeness (QED) is 0.315. The molecule has 1 heterocycles. The van der Waals surface area contributed by atoms with Crippen LogP contribution in [0.5, 0.6) is 0 Å². The summed E-state index contributed by atoms with van der Waals surface area (Å²) in [7, 11) is 0. The van der Waals surface area contributed by atoms with E-state index in [1.165, 1.54) is 17.3 Å². The summed E-state index contributed by atoms with van der Waals surface area (Å²) in [4.78, 5) is 12.5. The number of carbonyl (C=O) groups excluding carboxylic acids is 1. The number of carbonyl (C=O) groups is 1. The van der Waals surface area contributed by atoms with Crippen molar-refractivity contribution in [2.24, 2.45) is 0 Å². The summed E-state index contributed by atoms with van der Waals surface area (Å²) in [5.41, 5.74) is 4.81. The normalized spacial score (nSPS) is 10.9. The number of aryl methyl sites for hydroxylation is 2. The number of benzene rings is 3. The van der Waals surface area contributed by atoms with E-state index in [0.29, 0.717) is 20.9 Å². The maximum absolute atomic E-state index is 12.5. The van der Waals surface area contributed by atoms with Crippen LogP contribution in [0.1, 0.15) is 11.1 Å². The van der Waals surface area contributed by atoms with Crippen LogP contribution in [0, 0.1) is 13.8 Å². The fraction of sp³-hybridized carbons (Fsp3) is 0.125. The second kappa shape index (κ2) is 9.77. The van der Waals surface area contributed by atoms with Gasteiger partial charge >= 0.3 is 0 Å². The Kier molecular flexibility index (Phi) is 6.84. The van der Waals surface area contributed by atoms with Crippen molar-refractivity contribution >= 4 is 46.6 Å². The van der Waals surface area contributed by atoms with Gasteiger partial charge in [-0.2, -0.15) is 0 Å². The van der Waals surface area contributed by atoms with E-state index in [1.807, 2.05) is 66.9 Å². The number of amides is 1. The monoisotopic (exact) mass is 482 g/mol. The van der Waals surface area contributed by atoms with Crippen LogP contribution >= 0.6 is 35.0 Å². The molecule has 1 amide bonds. The Morgan fingerprint density at radius 2 is 1.56 bits per heavy atom. The lowest BCUT2D eigenvalue weighted by Crippen LogP contribution is -2.14. The zero-order valence-corrected chi connectivity index (χ0v) is 19.8. The first kappa shape index (κ1) is 22.4. The molecule has 0 saturated heterocycles. The molecule has 3 aromatic carbocycles. The molecule has 5 nitrogen and oxygen atoms in total. The van der Waals surface area contributed by atoms with Gasteiger partial charge in [0.05, 0.1) is 15.8 Å². The van der Waals surface area contributed by atoms with E-state index in [0.717, 1.165) is 22.6 Å². The first-order valence-electron chi connectivity index (χ1n) is 9.88. The number of halogens is 2. The van der Waals surface area contributed by atoms with Crippen molar-refractivity contribution in [2.75, 3.05) is 11.1 Å². The Morgan fingerprint density at radius 3 is 2.22 bits per heavy atom. The second-order valence-corrected chi connectivity index (χ2v) is 9.07. The molecule has 0 unspecified atom stereocenters. The number of rotatable bonds is 6. The topological polar surface area (TPSA) is 59.8 Å². The highest BCUT2D eigenvalue weighted by molar-refractivity contribution is 7.99. The fourth-order valence-electron chi connectivity index (χ4n) is 3.08. The number of anilines is 1. The third-order valence-corrected chi connectivity index (χ3v) is 6.44. The zero-order valence-electron chi connectivity index (χ0n) is 17.5. The molecule has 0 aliphatic rings. The smallest absolute Gasteiger partial charge is 0.234 e. The Bertz CT molecular complexity index is 1250. The molecule has 1 N–H and O–H groups in total. The second-order valence-electron chi connectivity index (χ2n) is 7.31. The van der Waals surface area contributed by atoms with Crippen LogP contribution in [0.2, 0.25) is 10.0 Å². The summed E-state index contributed by atoms with van der Waals surface area (Å²) >= 11 is 13.3. The van der Waals surface area contributed by atoms with Crippen LogP contribution in [0.15, 0.2) is 71.9 Å². The van der Waals surface area contributed by atoms with E-state index in [4.69, 9.17) is 23.2 Å². The zero-order chi connectivity index (χ0) is 22.7. The van der Waals surface area contributed by atoms with Gasteiger partial charge < -0.3 is 5.32 Å². The molecule has 0 saturated carbocycles. The number of nitrogens with zero attached hydrogens (tertiary/aromatic N) is 3. The van der Waals surface area contributed by atoms with E-state index in [2.05, 4.69) is 15.5 Å². The van der Waals surface area contributed by atoms with Gasteiger partial charge in [-0.1, -0.05) is 82.5 Å². The van der Waals surface area contributed by atoms with Crippen molar-refractivity contribution in [1.29, 1.82) is 0 Å². The van der Waals surface area contributed by atoms with E-state index in [9.17, 15) is 4.79 Å². The molecule has 162 valence electrons. The highest BCUT2D eigenvalue weighted by Gasteiger charge is 2.17. The summed E-state index contributed by atoms with van der Waals surface area (Å²) in [5.74, 6) is 0.711. The molecular weight excluding hydrogens is 463 g/mol. The van der Waals surface area contributed by atoms with Gasteiger partial charge in [0.2, 0.25) is 5.91 Å². The molecular formula is C24H20Cl2N4OS. The lowest BCUT2D eigenvalue weighted by molar-refractivity contribution is -0.113. The molecule has 4 aromatic rings. The summed E-state index contributed by atoms with van der Waals surface area (Å²) in [5, 5.41) is 13.1. The summed E-state index contributed by atoms with van der Waals surface area (Å²) in [6.45, 7) is 4.09. The minimum atomic E-state index is -0.177. The Labute approximate surface area is 200 Å². The number of nitrogens with one attached hydrogen (secondary N) is 1. The van der Waals surface area contributed by atoms with E-state index in [-0.39, 0.29) is 11.7 Å². The molecule has 1 aromatic heterocycles. The van der Waals surface area contributed by atoms with Gasteiger partial charge in [0.1, 0.15) is 0 Å². The third-order valence-electron chi connectivity index (χ3n) is 4.77. The molecule has 0 aliphatic carbocycles. The summed E-state index contributed by atoms with van der Waals surface area (Å²) in [6.07, 6.45) is 0. The minimum Gasteiger partial charge on any atom is -0.325 e. The lowest BCUT2D eigenvalue weighted by atomic mass is 10.1. The van der Waals surface area contributed by atoms with Gasteiger partial charge in [-0.15, -0.1) is 10.2 Å². The molecule has 0 radical (unpaired) electrons. The van der Waals surface area contributed by atoms with Gasteiger partial charge in [-0.3, -0.25) is 9.36 Å². The van der Waals surface area contributed by atoms with Gasteiger partial charge in [0, 0.05) is 16.9 Å². The molecule has 0 atom stereocenters. The molecule has 0 spiro atoms. The maximum Gasteiger partial charge on any atom is 0.234 e. The molecule has 32 heavy (non-hydrogen) atoms. The van der Waals surface area contributed by atoms with Crippen LogP contribution in [0.3, 0.4) is 0 Å². The van der Waals surface area contributed by atoms with Gasteiger partial charge in [0.25, 0.3) is 0 Å². The maximum atomic E-state index is 12.5. The van der Waals surface area contributed by atoms with Crippen LogP contribution < -0.4 is 5.32 Å². The number of thioether (sulfide) groups is 1. The van der Waals surface area contributed by atoms with Crippen LogP contribution in [-0.4, -0.2) is 26.4 Å². The van der Waals surface area contributed by atoms with E-state index < -0.39 is 0 Å². The number of hydrogen-bond donors (Lipinski definition) is 1. The SMILES string of the molecule is Cc1ccc(-c2nnc(SCC(=O)Nc3ccc(Cl)c(Cl)c3)n2-c2ccc(C)cc2)cc1. The first-order valence-corrected chi connectivity index (χ1v) is 11.6. The average molecular weight is 483 g/mol.